The molecule has 0 unspecified atom stereocenters. The third-order valence-corrected chi connectivity index (χ3v) is 5.16. The molecule has 1 aromatic carbocycles. The lowest BCUT2D eigenvalue weighted by Crippen LogP contribution is -2.37. The smallest absolute Gasteiger partial charge is 0.207 e. The Morgan fingerprint density at radius 3 is 2.28 bits per heavy atom. The van der Waals surface area contributed by atoms with Gasteiger partial charge in [-0.3, -0.25) is 0 Å². The molecule has 102 valence electrons. The Hall–Kier alpha value is -0.460. The molecule has 0 heterocycles. The number of halogens is 2. The summed E-state index contributed by atoms with van der Waals surface area (Å²) in [6, 6.07) is 4.80. The largest absolute Gasteiger partial charge is 0.243 e. The lowest BCUT2D eigenvalue weighted by Gasteiger charge is -2.25. The number of hydrogen-bond acceptors (Lipinski definition) is 2. The molecule has 1 aromatic rings. The molecular weight excluding hydrogens is 321 g/mol. The van der Waals surface area contributed by atoms with Crippen molar-refractivity contribution in [2.45, 2.75) is 31.2 Å². The van der Waals surface area contributed by atoms with Gasteiger partial charge in [-0.25, -0.2) is 12.8 Å². The molecule has 0 saturated heterocycles. The standard InChI is InChI=1S/C12H17BrFNO2S/c1-10(2)15(9-3-8-13)18(16,17)12-6-4-11(14)5-7-12/h4-7,10H,3,8-9H2,1-2H3. The van der Waals surface area contributed by atoms with Crippen molar-refractivity contribution < 1.29 is 12.8 Å². The fourth-order valence-electron chi connectivity index (χ4n) is 1.61. The van der Waals surface area contributed by atoms with Crippen LogP contribution in [0.4, 0.5) is 4.39 Å². The van der Waals surface area contributed by atoms with Crippen molar-refractivity contribution in [1.29, 1.82) is 0 Å². The average molecular weight is 338 g/mol. The number of benzene rings is 1. The van der Waals surface area contributed by atoms with Crippen LogP contribution >= 0.6 is 15.9 Å². The first-order valence-electron chi connectivity index (χ1n) is 5.73. The van der Waals surface area contributed by atoms with Crippen LogP contribution in [0.1, 0.15) is 20.3 Å². The predicted octanol–water partition coefficient (Wildman–Crippen LogP) is 3.01. The van der Waals surface area contributed by atoms with E-state index in [4.69, 9.17) is 0 Å². The van der Waals surface area contributed by atoms with Gasteiger partial charge >= 0.3 is 0 Å². The summed E-state index contributed by atoms with van der Waals surface area (Å²) in [4.78, 5) is 0.132. The van der Waals surface area contributed by atoms with Crippen LogP contribution in [0.25, 0.3) is 0 Å². The summed E-state index contributed by atoms with van der Waals surface area (Å²) >= 11 is 3.29. The molecule has 0 bridgehead atoms. The zero-order valence-corrected chi connectivity index (χ0v) is 12.8. The van der Waals surface area contributed by atoms with Gasteiger partial charge in [0, 0.05) is 17.9 Å². The maximum Gasteiger partial charge on any atom is 0.243 e. The third kappa shape index (κ3) is 3.76. The van der Waals surface area contributed by atoms with Crippen LogP contribution in [-0.2, 0) is 10.0 Å². The molecule has 1 rings (SSSR count). The molecule has 0 saturated carbocycles. The van der Waals surface area contributed by atoms with Crippen molar-refractivity contribution in [1.82, 2.24) is 4.31 Å². The SMILES string of the molecule is CC(C)N(CCCBr)S(=O)(=O)c1ccc(F)cc1. The number of sulfonamides is 1. The van der Waals surface area contributed by atoms with E-state index < -0.39 is 15.8 Å². The monoisotopic (exact) mass is 337 g/mol. The second-order valence-electron chi connectivity index (χ2n) is 4.21. The molecule has 0 amide bonds. The van der Waals surface area contributed by atoms with Gasteiger partial charge in [0.2, 0.25) is 10.0 Å². The van der Waals surface area contributed by atoms with Gasteiger partial charge in [-0.2, -0.15) is 4.31 Å². The maximum absolute atomic E-state index is 12.8. The van der Waals surface area contributed by atoms with E-state index in [0.29, 0.717) is 6.54 Å². The molecule has 0 aliphatic heterocycles. The van der Waals surface area contributed by atoms with Gasteiger partial charge in [0.15, 0.2) is 0 Å². The van der Waals surface area contributed by atoms with E-state index >= 15 is 0 Å². The van der Waals surface area contributed by atoms with Crippen LogP contribution in [-0.4, -0.2) is 30.6 Å². The first-order chi connectivity index (χ1) is 8.39. The average Bonchev–Trinajstić information content (AvgIpc) is 2.29. The number of alkyl halides is 1. The molecule has 0 N–H and O–H groups in total. The molecule has 0 fully saturated rings. The lowest BCUT2D eigenvalue weighted by molar-refractivity contribution is 0.355. The van der Waals surface area contributed by atoms with E-state index in [1.165, 1.54) is 16.4 Å². The van der Waals surface area contributed by atoms with Gasteiger partial charge in [-0.05, 0) is 44.5 Å². The molecular formula is C12H17BrFNO2S. The van der Waals surface area contributed by atoms with E-state index in [9.17, 15) is 12.8 Å². The van der Waals surface area contributed by atoms with E-state index in [-0.39, 0.29) is 10.9 Å². The highest BCUT2D eigenvalue weighted by Crippen LogP contribution is 2.19. The van der Waals surface area contributed by atoms with Crippen LogP contribution in [0.3, 0.4) is 0 Å². The van der Waals surface area contributed by atoms with Crippen LogP contribution in [0.5, 0.6) is 0 Å². The van der Waals surface area contributed by atoms with Crippen LogP contribution in [0.2, 0.25) is 0 Å². The molecule has 0 atom stereocenters. The van der Waals surface area contributed by atoms with E-state index in [1.54, 1.807) is 0 Å². The van der Waals surface area contributed by atoms with Crippen LogP contribution < -0.4 is 0 Å². The van der Waals surface area contributed by atoms with Crippen molar-refractivity contribution in [3.05, 3.63) is 30.1 Å². The van der Waals surface area contributed by atoms with Crippen molar-refractivity contribution in [3.63, 3.8) is 0 Å². The first-order valence-corrected chi connectivity index (χ1v) is 8.29. The number of rotatable bonds is 6. The van der Waals surface area contributed by atoms with Gasteiger partial charge < -0.3 is 0 Å². The van der Waals surface area contributed by atoms with E-state index in [1.807, 2.05) is 13.8 Å². The predicted molar refractivity (Wildman–Crippen MR) is 73.8 cm³/mol. The Bertz CT molecular complexity index is 473. The Balaban J connectivity index is 3.05. The zero-order valence-electron chi connectivity index (χ0n) is 10.4. The minimum Gasteiger partial charge on any atom is -0.207 e. The number of nitrogens with zero attached hydrogens (tertiary/aromatic N) is 1. The highest BCUT2D eigenvalue weighted by atomic mass is 79.9. The minimum absolute atomic E-state index is 0.126. The topological polar surface area (TPSA) is 37.4 Å². The molecule has 0 aliphatic carbocycles. The summed E-state index contributed by atoms with van der Waals surface area (Å²) in [6.45, 7) is 4.10. The Labute approximate surface area is 116 Å². The summed E-state index contributed by atoms with van der Waals surface area (Å²) in [5, 5.41) is 0.745. The molecule has 0 radical (unpaired) electrons. The summed E-state index contributed by atoms with van der Waals surface area (Å²) < 4.78 is 39.0. The van der Waals surface area contributed by atoms with Gasteiger partial charge in [0.1, 0.15) is 5.82 Å². The van der Waals surface area contributed by atoms with Gasteiger partial charge in [0.05, 0.1) is 4.90 Å². The zero-order chi connectivity index (χ0) is 13.8. The summed E-state index contributed by atoms with van der Waals surface area (Å²) in [5.74, 6) is -0.439. The lowest BCUT2D eigenvalue weighted by atomic mass is 10.3. The van der Waals surface area contributed by atoms with Crippen molar-refractivity contribution in [3.8, 4) is 0 Å². The van der Waals surface area contributed by atoms with Crippen molar-refractivity contribution in [2.75, 3.05) is 11.9 Å². The molecule has 0 aromatic heterocycles. The van der Waals surface area contributed by atoms with Crippen LogP contribution in [0.15, 0.2) is 29.2 Å². The Morgan fingerprint density at radius 2 is 1.83 bits per heavy atom. The summed E-state index contributed by atoms with van der Waals surface area (Å²) in [7, 11) is -3.54. The Morgan fingerprint density at radius 1 is 1.28 bits per heavy atom. The molecule has 3 nitrogen and oxygen atoms in total. The van der Waals surface area contributed by atoms with Crippen LogP contribution in [0, 0.1) is 5.82 Å². The van der Waals surface area contributed by atoms with Crippen molar-refractivity contribution >= 4 is 26.0 Å². The molecule has 6 heteroatoms. The van der Waals surface area contributed by atoms with Crippen molar-refractivity contribution in [2.24, 2.45) is 0 Å². The van der Waals surface area contributed by atoms with E-state index in [2.05, 4.69) is 15.9 Å². The third-order valence-electron chi connectivity index (χ3n) is 2.51. The highest BCUT2D eigenvalue weighted by Gasteiger charge is 2.26. The molecule has 18 heavy (non-hydrogen) atoms. The fraction of sp³-hybridized carbons (Fsp3) is 0.500. The van der Waals surface area contributed by atoms with Gasteiger partial charge in [-0.15, -0.1) is 0 Å². The molecule has 0 spiro atoms. The molecule has 0 aliphatic rings. The number of hydrogen-bond donors (Lipinski definition) is 0. The Kier molecular flexibility index (Phi) is 5.75. The second kappa shape index (κ2) is 6.63. The summed E-state index contributed by atoms with van der Waals surface area (Å²) in [5.41, 5.74) is 0. The van der Waals surface area contributed by atoms with Gasteiger partial charge in [-0.1, -0.05) is 15.9 Å². The quantitative estimate of drug-likeness (QED) is 0.748. The highest BCUT2D eigenvalue weighted by molar-refractivity contribution is 9.09. The fourth-order valence-corrected chi connectivity index (χ4v) is 3.54. The maximum atomic E-state index is 12.8. The summed E-state index contributed by atoms with van der Waals surface area (Å²) in [6.07, 6.45) is 0.735. The minimum atomic E-state index is -3.54. The second-order valence-corrected chi connectivity index (χ2v) is 6.89. The normalized spacial score (nSPS) is 12.3. The van der Waals surface area contributed by atoms with E-state index in [0.717, 1.165) is 23.9 Å². The van der Waals surface area contributed by atoms with Gasteiger partial charge in [0.25, 0.3) is 0 Å². The first kappa shape index (κ1) is 15.6.